The molecule has 0 amide bonds. The Kier molecular flexibility index (Phi) is 8.82. The van der Waals surface area contributed by atoms with Gasteiger partial charge in [-0.1, -0.05) is 57.5 Å². The second-order valence-corrected chi connectivity index (χ2v) is 22.3. The van der Waals surface area contributed by atoms with Gasteiger partial charge in [0.15, 0.2) is 0 Å². The largest absolute Gasteiger partial charge is 0.143 e. The van der Waals surface area contributed by atoms with Crippen LogP contribution in [0.4, 0.5) is 0 Å². The molecule has 0 aliphatic rings. The van der Waals surface area contributed by atoms with Crippen molar-refractivity contribution < 1.29 is 0 Å². The van der Waals surface area contributed by atoms with Crippen LogP contribution in [0.5, 0.6) is 0 Å². The number of benzene rings is 4. The summed E-state index contributed by atoms with van der Waals surface area (Å²) in [5, 5.41) is 9.56. The average Bonchev–Trinajstić information content (AvgIpc) is 4.12. The maximum atomic E-state index is 2.51. The minimum absolute atomic E-state index is 1.30. The number of thiophene rings is 6. The van der Waals surface area contributed by atoms with E-state index in [0.29, 0.717) is 0 Å². The lowest BCUT2D eigenvalue weighted by atomic mass is 9.94. The zero-order valence-corrected chi connectivity index (χ0v) is 37.0. The summed E-state index contributed by atoms with van der Waals surface area (Å²) in [6, 6.07) is 59.0. The molecule has 4 aromatic carbocycles. The molecule has 0 spiro atoms. The van der Waals surface area contributed by atoms with E-state index in [0.717, 1.165) is 0 Å². The molecule has 0 aliphatic heterocycles. The maximum absolute atomic E-state index is 2.51. The van der Waals surface area contributed by atoms with Crippen molar-refractivity contribution in [3.05, 3.63) is 168 Å². The molecule has 0 bridgehead atoms. The van der Waals surface area contributed by atoms with E-state index in [1.54, 1.807) is 0 Å². The first-order chi connectivity index (χ1) is 28.7. The molecule has 8 aromatic heterocycles. The monoisotopic (exact) mass is 884 g/mol. The van der Waals surface area contributed by atoms with Crippen LogP contribution in [0, 0.1) is 0 Å². The fourth-order valence-corrected chi connectivity index (χ4v) is 16.4. The Morgan fingerprint density at radius 2 is 0.621 bits per heavy atom. The third kappa shape index (κ3) is 5.97. The molecule has 8 heterocycles. The minimum atomic E-state index is 1.30. The van der Waals surface area contributed by atoms with Crippen molar-refractivity contribution in [2.24, 2.45) is 0 Å². The molecule has 0 N–H and O–H groups in total. The van der Waals surface area contributed by atoms with E-state index in [1.807, 2.05) is 90.7 Å². The molecule has 12 aromatic rings. The predicted molar refractivity (Wildman–Crippen MR) is 266 cm³/mol. The van der Waals surface area contributed by atoms with Gasteiger partial charge in [0.25, 0.3) is 0 Å². The van der Waals surface area contributed by atoms with Crippen LogP contribution >= 0.6 is 90.7 Å². The summed E-state index contributed by atoms with van der Waals surface area (Å²) in [5.74, 6) is 0. The van der Waals surface area contributed by atoms with Gasteiger partial charge in [-0.25, -0.2) is 0 Å². The number of hydrogen-bond acceptors (Lipinski definition) is 8. The fourth-order valence-electron chi connectivity index (χ4n) is 7.93. The van der Waals surface area contributed by atoms with Crippen LogP contribution in [-0.2, 0) is 0 Å². The lowest BCUT2D eigenvalue weighted by Crippen LogP contribution is -1.86. The second-order valence-electron chi connectivity index (χ2n) is 13.9. The van der Waals surface area contributed by atoms with Gasteiger partial charge in [-0.15, -0.1) is 45.3 Å². The SMILES string of the molecule is c1csc(-c2ccc(-c3cc(-[c+]4c5ccccc5sc5ccccc54)c(-c4sc(-c5ccc(-c6cccs6)s5)cc4-[c+]4c5ccccc5sc5ccccc54)s3)s2)c1. The molecule has 12 rings (SSSR count). The summed E-state index contributed by atoms with van der Waals surface area (Å²) < 4.78 is 5.22. The van der Waals surface area contributed by atoms with Crippen molar-refractivity contribution in [1.29, 1.82) is 0 Å². The molecule has 0 atom stereocenters. The van der Waals surface area contributed by atoms with Gasteiger partial charge in [0.2, 0.25) is 0 Å². The van der Waals surface area contributed by atoms with Crippen molar-refractivity contribution in [2.75, 3.05) is 0 Å². The van der Waals surface area contributed by atoms with Crippen molar-refractivity contribution in [3.63, 3.8) is 0 Å². The zero-order chi connectivity index (χ0) is 38.2. The van der Waals surface area contributed by atoms with E-state index >= 15 is 0 Å². The molecule has 0 saturated heterocycles. The molecule has 0 aliphatic carbocycles. The first kappa shape index (κ1) is 35.2. The van der Waals surface area contributed by atoms with Gasteiger partial charge in [0, 0.05) is 31.6 Å². The Morgan fingerprint density at radius 3 is 0.966 bits per heavy atom. The standard InChI is InChI=1S/C50H28S8/c1-5-15-35-29(11-1)47(30-12-2-6-16-36(30)53-35)33-27-45(43-23-21-41(55-43)39-19-9-25-51-39)57-49(33)50-34(28-46(58-50)44-24-22-42(56-44)40-20-10-26-52-40)48-31-13-3-7-17-37(31)54-38-18-8-4-14-32(38)48/h1-28H/q+2. The third-order valence-corrected chi connectivity index (χ3v) is 19.9. The molecule has 0 saturated carbocycles. The first-order valence-corrected chi connectivity index (χ1v) is 25.4. The summed E-state index contributed by atoms with van der Waals surface area (Å²) >= 11 is 15.1. The van der Waals surface area contributed by atoms with Gasteiger partial charge in [-0.2, -0.15) is 0 Å². The van der Waals surface area contributed by atoms with E-state index in [9.17, 15) is 0 Å². The lowest BCUT2D eigenvalue weighted by Gasteiger charge is -2.08. The van der Waals surface area contributed by atoms with Gasteiger partial charge >= 0.3 is 0 Å². The lowest BCUT2D eigenvalue weighted by molar-refractivity contribution is 1.76. The summed E-state index contributed by atoms with van der Waals surface area (Å²) in [7, 11) is 0. The summed E-state index contributed by atoms with van der Waals surface area (Å²) in [4.78, 5) is 13.2. The number of hydrogen-bond donors (Lipinski definition) is 0. The average molecular weight is 885 g/mol. The molecule has 0 fully saturated rings. The number of fused-ring (bicyclic) bond motifs is 4. The Bertz CT molecular complexity index is 3120. The third-order valence-electron chi connectivity index (χ3n) is 10.5. The van der Waals surface area contributed by atoms with E-state index < -0.39 is 0 Å². The van der Waals surface area contributed by atoms with E-state index in [1.165, 1.54) is 111 Å². The molecular formula is C50H28S8+2. The normalized spacial score (nSPS) is 11.8. The van der Waals surface area contributed by atoms with E-state index in [4.69, 9.17) is 0 Å². The van der Waals surface area contributed by atoms with Crippen LogP contribution in [0.25, 0.3) is 111 Å². The van der Waals surface area contributed by atoms with Crippen molar-refractivity contribution in [2.45, 2.75) is 0 Å². The van der Waals surface area contributed by atoms with Crippen LogP contribution < -0.4 is 0 Å². The summed E-state index contributed by atoms with van der Waals surface area (Å²) in [6.45, 7) is 0. The second kappa shape index (κ2) is 14.5. The highest BCUT2D eigenvalue weighted by atomic mass is 32.1. The highest BCUT2D eigenvalue weighted by Gasteiger charge is 2.32. The number of rotatable bonds is 7. The first-order valence-electron chi connectivity index (χ1n) is 18.8. The molecule has 58 heavy (non-hydrogen) atoms. The van der Waals surface area contributed by atoms with E-state index in [-0.39, 0.29) is 0 Å². The highest BCUT2D eigenvalue weighted by Crippen LogP contribution is 2.56. The van der Waals surface area contributed by atoms with Gasteiger partial charge in [-0.3, -0.25) is 0 Å². The Morgan fingerprint density at radius 1 is 0.276 bits per heavy atom. The minimum Gasteiger partial charge on any atom is -0.143 e. The topological polar surface area (TPSA) is 0 Å². The predicted octanol–water partition coefficient (Wildman–Crippen LogP) is 19.0. The molecule has 0 unspecified atom stereocenters. The van der Waals surface area contributed by atoms with Crippen molar-refractivity contribution in [1.82, 2.24) is 0 Å². The summed E-state index contributed by atoms with van der Waals surface area (Å²) in [5.41, 5.74) is 5.25. The Balaban J connectivity index is 1.18. The van der Waals surface area contributed by atoms with Crippen LogP contribution in [0.2, 0.25) is 0 Å². The quantitative estimate of drug-likeness (QED) is 0.110. The smallest absolute Gasteiger partial charge is 0.123 e. The van der Waals surface area contributed by atoms with Crippen LogP contribution in [0.15, 0.2) is 168 Å². The molecule has 274 valence electrons. The van der Waals surface area contributed by atoms with Gasteiger partial charge in [-0.05, 0) is 144 Å². The van der Waals surface area contributed by atoms with Crippen molar-refractivity contribution >= 4 is 131 Å². The zero-order valence-electron chi connectivity index (χ0n) is 30.4. The van der Waals surface area contributed by atoms with Crippen LogP contribution in [0.1, 0.15) is 0 Å². The van der Waals surface area contributed by atoms with Gasteiger partial charge in [0.1, 0.15) is 9.75 Å². The molecule has 0 radical (unpaired) electrons. The maximum Gasteiger partial charge on any atom is 0.123 e. The molecule has 0 nitrogen and oxygen atoms in total. The van der Waals surface area contributed by atoms with E-state index in [2.05, 4.69) is 168 Å². The van der Waals surface area contributed by atoms with Gasteiger partial charge in [0.05, 0.1) is 82.1 Å². The van der Waals surface area contributed by atoms with Gasteiger partial charge < -0.3 is 0 Å². The fraction of sp³-hybridized carbons (Fsp3) is 0. The Hall–Kier alpha value is -4.74. The van der Waals surface area contributed by atoms with Crippen LogP contribution in [0.3, 0.4) is 0 Å². The van der Waals surface area contributed by atoms with Crippen LogP contribution in [-0.4, -0.2) is 0 Å². The highest BCUT2D eigenvalue weighted by molar-refractivity contribution is 7.31. The molecular weight excluding hydrogens is 857 g/mol. The molecule has 8 heteroatoms. The van der Waals surface area contributed by atoms with Crippen molar-refractivity contribution in [3.8, 4) is 71.0 Å². The summed E-state index contributed by atoms with van der Waals surface area (Å²) in [6.07, 6.45) is 0. The Labute approximate surface area is 367 Å².